The monoisotopic (exact) mass is 375 g/mol. The second-order valence-electron chi connectivity index (χ2n) is 4.63. The summed E-state index contributed by atoms with van der Waals surface area (Å²) in [6, 6.07) is 4.54. The van der Waals surface area contributed by atoms with Gasteiger partial charge in [0.25, 0.3) is 0 Å². The molecule has 1 heterocycles. The lowest BCUT2D eigenvalue weighted by Gasteiger charge is -2.08. The third-order valence-corrected chi connectivity index (χ3v) is 3.97. The van der Waals surface area contributed by atoms with E-state index in [0.717, 1.165) is 0 Å². The Bertz CT molecular complexity index is 743. The number of nitrogens with zero attached hydrogens (tertiary/aromatic N) is 2. The van der Waals surface area contributed by atoms with Crippen molar-refractivity contribution in [2.24, 2.45) is 5.14 Å². The molecule has 0 atom stereocenters. The van der Waals surface area contributed by atoms with Crippen LogP contribution < -0.4 is 9.88 Å². The molecule has 0 aliphatic carbocycles. The fourth-order valence-electron chi connectivity index (χ4n) is 1.53. The van der Waals surface area contributed by atoms with Gasteiger partial charge in [-0.1, -0.05) is 34.9 Å². The molecule has 1 aromatic carbocycles. The normalized spacial score (nSPS) is 11.9. The predicted molar refractivity (Wildman–Crippen MR) is 78.2 cm³/mol. The number of nitrogens with two attached hydrogens (primary N) is 1. The number of benzene rings is 1. The van der Waals surface area contributed by atoms with Crippen molar-refractivity contribution in [3.05, 3.63) is 34.4 Å². The molecular weight excluding hydrogens is 362 g/mol. The van der Waals surface area contributed by atoms with Crippen LogP contribution in [0, 0.1) is 0 Å². The number of sulfonamides is 1. The number of hydrogen-bond donors (Lipinski definition) is 1. The van der Waals surface area contributed by atoms with Gasteiger partial charge in [-0.25, -0.2) is 13.6 Å². The zero-order valence-electron chi connectivity index (χ0n) is 11.4. The van der Waals surface area contributed by atoms with Crippen LogP contribution in [-0.2, 0) is 16.6 Å². The van der Waals surface area contributed by atoms with Gasteiger partial charge in [0.2, 0.25) is 21.7 Å². The summed E-state index contributed by atoms with van der Waals surface area (Å²) < 4.78 is 34.1. The van der Waals surface area contributed by atoms with Crippen LogP contribution in [0.15, 0.2) is 32.1 Å². The molecule has 2 aromatic rings. The van der Waals surface area contributed by atoms with Crippen LogP contribution in [-0.4, -0.2) is 18.6 Å². The Morgan fingerprint density at radius 3 is 2.71 bits per heavy atom. The number of aromatic nitrogens is 2. The standard InChI is InChI=1S/C12H14BrN3O4S/c1-7(2)12-15-11(16-20-12)6-19-9-4-3-8(13)5-10(9)21(14,17)18/h3-5,7H,6H2,1-2H3,(H2,14,17,18). The van der Waals surface area contributed by atoms with E-state index in [1.54, 1.807) is 6.07 Å². The SMILES string of the molecule is CC(C)c1nc(COc2ccc(Br)cc2S(N)(=O)=O)no1. The van der Waals surface area contributed by atoms with Crippen molar-refractivity contribution in [1.82, 2.24) is 10.1 Å². The largest absolute Gasteiger partial charge is 0.484 e. The minimum atomic E-state index is -3.89. The molecule has 0 bridgehead atoms. The maximum atomic E-state index is 11.5. The van der Waals surface area contributed by atoms with E-state index in [9.17, 15) is 8.42 Å². The van der Waals surface area contributed by atoms with Crippen LogP contribution in [0.1, 0.15) is 31.5 Å². The van der Waals surface area contributed by atoms with Gasteiger partial charge in [-0.3, -0.25) is 0 Å². The van der Waals surface area contributed by atoms with Crippen LogP contribution in [0.4, 0.5) is 0 Å². The Morgan fingerprint density at radius 2 is 2.14 bits per heavy atom. The number of halogens is 1. The van der Waals surface area contributed by atoms with Crippen LogP contribution >= 0.6 is 15.9 Å². The predicted octanol–water partition coefficient (Wildman–Crippen LogP) is 2.18. The Balaban J connectivity index is 2.20. The van der Waals surface area contributed by atoms with E-state index in [4.69, 9.17) is 14.4 Å². The van der Waals surface area contributed by atoms with Crippen LogP contribution in [0.25, 0.3) is 0 Å². The molecule has 9 heteroatoms. The molecule has 2 N–H and O–H groups in total. The maximum absolute atomic E-state index is 11.5. The second-order valence-corrected chi connectivity index (χ2v) is 7.07. The summed E-state index contributed by atoms with van der Waals surface area (Å²) in [7, 11) is -3.89. The maximum Gasteiger partial charge on any atom is 0.241 e. The van der Waals surface area contributed by atoms with Crippen LogP contribution in [0.5, 0.6) is 5.75 Å². The van der Waals surface area contributed by atoms with Gasteiger partial charge in [0.05, 0.1) is 0 Å². The van der Waals surface area contributed by atoms with Crippen LogP contribution in [0.2, 0.25) is 0 Å². The summed E-state index contributed by atoms with van der Waals surface area (Å²) in [6.45, 7) is 3.83. The zero-order valence-corrected chi connectivity index (χ0v) is 13.8. The molecule has 114 valence electrons. The van der Waals surface area contributed by atoms with E-state index in [1.165, 1.54) is 12.1 Å². The van der Waals surface area contributed by atoms with E-state index < -0.39 is 10.0 Å². The lowest BCUT2D eigenvalue weighted by Crippen LogP contribution is -2.14. The molecule has 2 rings (SSSR count). The number of hydrogen-bond acceptors (Lipinski definition) is 6. The third-order valence-electron chi connectivity index (χ3n) is 2.55. The summed E-state index contributed by atoms with van der Waals surface area (Å²) in [5, 5.41) is 8.92. The van der Waals surface area contributed by atoms with E-state index in [2.05, 4.69) is 26.1 Å². The third kappa shape index (κ3) is 4.02. The van der Waals surface area contributed by atoms with Crippen molar-refractivity contribution < 1.29 is 17.7 Å². The average Bonchev–Trinajstić information content (AvgIpc) is 2.85. The van der Waals surface area contributed by atoms with Crippen molar-refractivity contribution in [2.45, 2.75) is 31.3 Å². The average molecular weight is 376 g/mol. The molecule has 0 aliphatic rings. The fraction of sp³-hybridized carbons (Fsp3) is 0.333. The van der Waals surface area contributed by atoms with E-state index in [1.807, 2.05) is 13.8 Å². The van der Waals surface area contributed by atoms with Crippen molar-refractivity contribution in [1.29, 1.82) is 0 Å². The molecule has 0 aliphatic heterocycles. The van der Waals surface area contributed by atoms with Gasteiger partial charge in [0.15, 0.2) is 6.61 Å². The smallest absolute Gasteiger partial charge is 0.241 e. The van der Waals surface area contributed by atoms with E-state index in [-0.39, 0.29) is 23.2 Å². The molecule has 0 fully saturated rings. The molecule has 0 amide bonds. The highest BCUT2D eigenvalue weighted by molar-refractivity contribution is 9.10. The molecule has 1 aromatic heterocycles. The molecule has 0 saturated heterocycles. The summed E-state index contributed by atoms with van der Waals surface area (Å²) in [4.78, 5) is 4.03. The molecule has 21 heavy (non-hydrogen) atoms. The molecule has 0 radical (unpaired) electrons. The number of primary sulfonamides is 1. The Labute approximate surface area is 130 Å². The quantitative estimate of drug-likeness (QED) is 0.857. The van der Waals surface area contributed by atoms with Gasteiger partial charge < -0.3 is 9.26 Å². The van der Waals surface area contributed by atoms with Gasteiger partial charge in [-0.2, -0.15) is 4.98 Å². The molecular formula is C12H14BrN3O4S. The summed E-state index contributed by atoms with van der Waals surface area (Å²) in [5.41, 5.74) is 0. The van der Waals surface area contributed by atoms with Gasteiger partial charge in [-0.15, -0.1) is 0 Å². The van der Waals surface area contributed by atoms with Crippen molar-refractivity contribution in [2.75, 3.05) is 0 Å². The second kappa shape index (κ2) is 6.12. The zero-order chi connectivity index (χ0) is 15.6. The first-order valence-electron chi connectivity index (χ1n) is 6.05. The summed E-state index contributed by atoms with van der Waals surface area (Å²) >= 11 is 3.19. The fourth-order valence-corrected chi connectivity index (χ4v) is 2.74. The van der Waals surface area contributed by atoms with Crippen LogP contribution in [0.3, 0.4) is 0 Å². The Hall–Kier alpha value is -1.45. The van der Waals surface area contributed by atoms with Crippen molar-refractivity contribution in [3.63, 3.8) is 0 Å². The minimum absolute atomic E-state index is 0.0135. The lowest BCUT2D eigenvalue weighted by atomic mass is 10.2. The van der Waals surface area contributed by atoms with Gasteiger partial charge >= 0.3 is 0 Å². The first-order valence-corrected chi connectivity index (χ1v) is 8.39. The van der Waals surface area contributed by atoms with E-state index >= 15 is 0 Å². The molecule has 0 spiro atoms. The molecule has 0 saturated carbocycles. The molecule has 7 nitrogen and oxygen atoms in total. The Kier molecular flexibility index (Phi) is 4.64. The van der Waals surface area contributed by atoms with E-state index in [0.29, 0.717) is 16.2 Å². The van der Waals surface area contributed by atoms with Crippen molar-refractivity contribution in [3.8, 4) is 5.75 Å². The highest BCUT2D eigenvalue weighted by Gasteiger charge is 2.17. The van der Waals surface area contributed by atoms with Gasteiger partial charge in [0.1, 0.15) is 10.6 Å². The summed E-state index contributed by atoms with van der Waals surface area (Å²) in [6.07, 6.45) is 0. The number of rotatable bonds is 5. The molecule has 0 unspecified atom stereocenters. The first kappa shape index (κ1) is 15.9. The lowest BCUT2D eigenvalue weighted by molar-refractivity contribution is 0.278. The highest BCUT2D eigenvalue weighted by atomic mass is 79.9. The van der Waals surface area contributed by atoms with Crippen molar-refractivity contribution >= 4 is 26.0 Å². The van der Waals surface area contributed by atoms with Gasteiger partial charge in [-0.05, 0) is 18.2 Å². The number of ether oxygens (including phenoxy) is 1. The summed E-state index contributed by atoms with van der Waals surface area (Å²) in [5.74, 6) is 1.08. The van der Waals surface area contributed by atoms with Gasteiger partial charge in [0, 0.05) is 10.4 Å². The minimum Gasteiger partial charge on any atom is -0.484 e. The first-order chi connectivity index (χ1) is 9.77. The topological polar surface area (TPSA) is 108 Å². The Morgan fingerprint density at radius 1 is 1.43 bits per heavy atom. The highest BCUT2D eigenvalue weighted by Crippen LogP contribution is 2.27.